The number of nitrogens with one attached hydrogen (secondary N) is 2. The summed E-state index contributed by atoms with van der Waals surface area (Å²) in [6.07, 6.45) is 1.83. The zero-order valence-corrected chi connectivity index (χ0v) is 14.3. The number of carbonyl (C=O) groups is 2. The van der Waals surface area contributed by atoms with Crippen LogP contribution in [0.5, 0.6) is 5.75 Å². The van der Waals surface area contributed by atoms with Crippen molar-refractivity contribution in [3.63, 3.8) is 0 Å². The molecule has 0 bridgehead atoms. The number of ether oxygens (including phenoxy) is 1. The number of rotatable bonds is 8. The van der Waals surface area contributed by atoms with Crippen LogP contribution in [-0.4, -0.2) is 56.5 Å². The lowest BCUT2D eigenvalue weighted by molar-refractivity contribution is -0.136. The van der Waals surface area contributed by atoms with Crippen molar-refractivity contribution < 1.29 is 14.3 Å². The molecule has 1 fully saturated rings. The molecule has 2 amide bonds. The minimum atomic E-state index is 0.0199. The van der Waals surface area contributed by atoms with Crippen molar-refractivity contribution in [2.24, 2.45) is 5.92 Å². The summed E-state index contributed by atoms with van der Waals surface area (Å²) in [6, 6.07) is 9.50. The van der Waals surface area contributed by atoms with E-state index in [9.17, 15) is 9.59 Å². The maximum Gasteiger partial charge on any atom is 0.225 e. The third-order valence-electron chi connectivity index (χ3n) is 4.22. The molecule has 1 aromatic rings. The van der Waals surface area contributed by atoms with Crippen LogP contribution in [0.4, 0.5) is 0 Å². The Bertz CT molecular complexity index is 514. The minimum absolute atomic E-state index is 0.0199. The fourth-order valence-electron chi connectivity index (χ4n) is 2.78. The first-order valence-electron chi connectivity index (χ1n) is 8.58. The summed E-state index contributed by atoms with van der Waals surface area (Å²) in [5.41, 5.74) is 0. The van der Waals surface area contributed by atoms with Crippen molar-refractivity contribution in [3.8, 4) is 5.75 Å². The molecule has 0 radical (unpaired) electrons. The van der Waals surface area contributed by atoms with E-state index >= 15 is 0 Å². The lowest BCUT2D eigenvalue weighted by Crippen LogP contribution is -2.44. The van der Waals surface area contributed by atoms with E-state index in [1.807, 2.05) is 42.3 Å². The van der Waals surface area contributed by atoms with Crippen molar-refractivity contribution in [1.29, 1.82) is 0 Å². The highest BCUT2D eigenvalue weighted by Crippen LogP contribution is 2.18. The first kappa shape index (κ1) is 18.3. The summed E-state index contributed by atoms with van der Waals surface area (Å²) in [5, 5.41) is 5.92. The van der Waals surface area contributed by atoms with Gasteiger partial charge in [0.2, 0.25) is 11.8 Å². The molecule has 24 heavy (non-hydrogen) atoms. The van der Waals surface area contributed by atoms with Gasteiger partial charge >= 0.3 is 0 Å². The number of benzene rings is 1. The summed E-state index contributed by atoms with van der Waals surface area (Å²) in [7, 11) is 1.86. The van der Waals surface area contributed by atoms with Crippen molar-refractivity contribution in [2.45, 2.75) is 19.3 Å². The standard InChI is InChI=1S/C18H27N3O3/c1-19-10-11-20-18(23)15-7-12-21(13-8-15)17(22)9-14-24-16-5-3-2-4-6-16/h2-6,15,19H,7-14H2,1H3,(H,20,23). The maximum atomic E-state index is 12.2. The summed E-state index contributed by atoms with van der Waals surface area (Å²) in [4.78, 5) is 26.1. The Morgan fingerprint density at radius 3 is 2.54 bits per heavy atom. The van der Waals surface area contributed by atoms with E-state index in [-0.39, 0.29) is 17.7 Å². The number of carbonyl (C=O) groups excluding carboxylic acids is 2. The van der Waals surface area contributed by atoms with Gasteiger partial charge in [-0.3, -0.25) is 9.59 Å². The van der Waals surface area contributed by atoms with Crippen LogP contribution in [0.1, 0.15) is 19.3 Å². The third-order valence-corrected chi connectivity index (χ3v) is 4.22. The average molecular weight is 333 g/mol. The van der Waals surface area contributed by atoms with Gasteiger partial charge in [0.15, 0.2) is 0 Å². The Morgan fingerprint density at radius 1 is 1.17 bits per heavy atom. The van der Waals surface area contributed by atoms with Gasteiger partial charge in [-0.25, -0.2) is 0 Å². The molecule has 6 nitrogen and oxygen atoms in total. The average Bonchev–Trinajstić information content (AvgIpc) is 2.63. The van der Waals surface area contributed by atoms with Crippen LogP contribution < -0.4 is 15.4 Å². The smallest absolute Gasteiger partial charge is 0.225 e. The van der Waals surface area contributed by atoms with E-state index in [1.54, 1.807) is 0 Å². The van der Waals surface area contributed by atoms with E-state index in [0.717, 1.165) is 25.1 Å². The molecule has 0 atom stereocenters. The topological polar surface area (TPSA) is 70.7 Å². The molecule has 1 heterocycles. The Kier molecular flexibility index (Phi) is 7.55. The van der Waals surface area contributed by atoms with Gasteiger partial charge in [0, 0.05) is 32.1 Å². The Balaban J connectivity index is 1.64. The van der Waals surface area contributed by atoms with E-state index < -0.39 is 0 Å². The van der Waals surface area contributed by atoms with Gasteiger partial charge in [-0.1, -0.05) is 18.2 Å². The van der Waals surface area contributed by atoms with E-state index in [1.165, 1.54) is 0 Å². The van der Waals surface area contributed by atoms with Crippen LogP contribution in [0.15, 0.2) is 30.3 Å². The predicted molar refractivity (Wildman–Crippen MR) is 92.8 cm³/mol. The molecule has 132 valence electrons. The Labute approximate surface area is 143 Å². The number of nitrogens with zero attached hydrogens (tertiary/aromatic N) is 1. The molecule has 0 unspecified atom stereocenters. The van der Waals surface area contributed by atoms with Crippen LogP contribution in [0, 0.1) is 5.92 Å². The summed E-state index contributed by atoms with van der Waals surface area (Å²) in [6.45, 7) is 3.09. The van der Waals surface area contributed by atoms with E-state index in [2.05, 4.69) is 10.6 Å². The van der Waals surface area contributed by atoms with Crippen LogP contribution in [0.3, 0.4) is 0 Å². The molecule has 2 N–H and O–H groups in total. The lowest BCUT2D eigenvalue weighted by Gasteiger charge is -2.31. The highest BCUT2D eigenvalue weighted by Gasteiger charge is 2.26. The number of piperidine rings is 1. The maximum absolute atomic E-state index is 12.2. The predicted octanol–water partition coefficient (Wildman–Crippen LogP) is 1.03. The van der Waals surface area contributed by atoms with E-state index in [0.29, 0.717) is 32.7 Å². The summed E-state index contributed by atoms with van der Waals surface area (Å²) >= 11 is 0. The molecule has 0 aromatic heterocycles. The Hall–Kier alpha value is -2.08. The molecule has 0 saturated carbocycles. The Morgan fingerprint density at radius 2 is 1.88 bits per heavy atom. The molecule has 1 aliphatic heterocycles. The molecule has 1 aliphatic rings. The second-order valence-corrected chi connectivity index (χ2v) is 5.96. The second kappa shape index (κ2) is 9.93. The zero-order chi connectivity index (χ0) is 17.2. The molecule has 0 aliphatic carbocycles. The fraction of sp³-hybridized carbons (Fsp3) is 0.556. The normalized spacial score (nSPS) is 15.1. The number of para-hydroxylation sites is 1. The zero-order valence-electron chi connectivity index (χ0n) is 14.3. The van der Waals surface area contributed by atoms with Crippen LogP contribution in [0.2, 0.25) is 0 Å². The number of likely N-dealkylation sites (N-methyl/N-ethyl adjacent to an activating group) is 1. The van der Waals surface area contributed by atoms with E-state index in [4.69, 9.17) is 4.74 Å². The van der Waals surface area contributed by atoms with Gasteiger partial charge in [0.1, 0.15) is 5.75 Å². The molecule has 6 heteroatoms. The summed E-state index contributed by atoms with van der Waals surface area (Å²) in [5.74, 6) is 0.999. The van der Waals surface area contributed by atoms with Crippen molar-refractivity contribution in [2.75, 3.05) is 39.8 Å². The molecule has 1 aromatic carbocycles. The molecule has 0 spiro atoms. The van der Waals surface area contributed by atoms with Gasteiger partial charge in [-0.15, -0.1) is 0 Å². The molecular weight excluding hydrogens is 306 g/mol. The summed E-state index contributed by atoms with van der Waals surface area (Å²) < 4.78 is 5.56. The van der Waals surface area contributed by atoms with Gasteiger partial charge in [-0.2, -0.15) is 0 Å². The molecule has 1 saturated heterocycles. The monoisotopic (exact) mass is 333 g/mol. The molecular formula is C18H27N3O3. The minimum Gasteiger partial charge on any atom is -0.493 e. The largest absolute Gasteiger partial charge is 0.493 e. The van der Waals surface area contributed by atoms with Gasteiger partial charge in [0.25, 0.3) is 0 Å². The lowest BCUT2D eigenvalue weighted by atomic mass is 9.95. The first-order chi connectivity index (χ1) is 11.7. The second-order valence-electron chi connectivity index (χ2n) is 5.96. The number of hydrogen-bond donors (Lipinski definition) is 2. The van der Waals surface area contributed by atoms with Crippen molar-refractivity contribution in [1.82, 2.24) is 15.5 Å². The van der Waals surface area contributed by atoms with Gasteiger partial charge < -0.3 is 20.3 Å². The highest BCUT2D eigenvalue weighted by molar-refractivity contribution is 5.80. The first-order valence-corrected chi connectivity index (χ1v) is 8.58. The van der Waals surface area contributed by atoms with Gasteiger partial charge in [0.05, 0.1) is 13.0 Å². The highest BCUT2D eigenvalue weighted by atomic mass is 16.5. The van der Waals surface area contributed by atoms with Crippen molar-refractivity contribution in [3.05, 3.63) is 30.3 Å². The van der Waals surface area contributed by atoms with Crippen LogP contribution >= 0.6 is 0 Å². The number of amides is 2. The number of hydrogen-bond acceptors (Lipinski definition) is 4. The molecule has 2 rings (SSSR count). The SMILES string of the molecule is CNCCNC(=O)C1CCN(C(=O)CCOc2ccccc2)CC1. The van der Waals surface area contributed by atoms with Crippen molar-refractivity contribution >= 4 is 11.8 Å². The van der Waals surface area contributed by atoms with Crippen LogP contribution in [-0.2, 0) is 9.59 Å². The fourth-order valence-corrected chi connectivity index (χ4v) is 2.78. The quantitative estimate of drug-likeness (QED) is 0.697. The number of likely N-dealkylation sites (tertiary alicyclic amines) is 1. The van der Waals surface area contributed by atoms with Crippen LogP contribution in [0.25, 0.3) is 0 Å². The van der Waals surface area contributed by atoms with Gasteiger partial charge in [-0.05, 0) is 32.0 Å². The third kappa shape index (κ3) is 5.85.